The summed E-state index contributed by atoms with van der Waals surface area (Å²) in [6.45, 7) is 4.97. The van der Waals surface area contributed by atoms with Gasteiger partial charge in [-0.3, -0.25) is 9.59 Å². The highest BCUT2D eigenvalue weighted by Gasteiger charge is 2.20. The Bertz CT molecular complexity index is 1360. The first-order chi connectivity index (χ1) is 41.5. The van der Waals surface area contributed by atoms with Gasteiger partial charge in [-0.1, -0.05) is 365 Å². The number of unbranched alkanes of at least 4 members (excludes halogenated alkanes) is 55. The minimum atomic E-state index is -0.663. The molecule has 2 unspecified atom stereocenters. The van der Waals surface area contributed by atoms with E-state index in [2.05, 4.69) is 55.6 Å². The van der Waals surface area contributed by atoms with Crippen molar-refractivity contribution in [2.75, 3.05) is 13.2 Å². The van der Waals surface area contributed by atoms with E-state index in [1.807, 2.05) is 0 Å². The Hall–Kier alpha value is -1.92. The van der Waals surface area contributed by atoms with Crippen molar-refractivity contribution in [2.24, 2.45) is 0 Å². The molecule has 0 radical (unpaired) electrons. The van der Waals surface area contributed by atoms with Crippen LogP contribution in [0.4, 0.5) is 0 Å². The molecule has 0 aromatic rings. The Labute approximate surface area is 525 Å². The molecule has 2 atom stereocenters. The maximum absolute atomic E-state index is 12.5. The van der Waals surface area contributed by atoms with Crippen LogP contribution in [-0.2, 0) is 14.3 Å². The van der Waals surface area contributed by atoms with Gasteiger partial charge < -0.3 is 20.3 Å². The van der Waals surface area contributed by atoms with Crippen molar-refractivity contribution in [2.45, 2.75) is 437 Å². The fourth-order valence-electron chi connectivity index (χ4n) is 12.1. The molecule has 1 amide bonds. The highest BCUT2D eigenvalue weighted by Crippen LogP contribution is 2.19. The van der Waals surface area contributed by atoms with Crippen LogP contribution in [0.15, 0.2) is 36.5 Å². The number of amides is 1. The van der Waals surface area contributed by atoms with E-state index < -0.39 is 12.1 Å². The second-order valence-electron chi connectivity index (χ2n) is 26.3. The summed E-state index contributed by atoms with van der Waals surface area (Å²) in [6, 6.07) is -0.540. The largest absolute Gasteiger partial charge is 0.466 e. The van der Waals surface area contributed by atoms with Gasteiger partial charge in [-0.25, -0.2) is 0 Å². The predicted molar refractivity (Wildman–Crippen MR) is 370 cm³/mol. The number of rotatable bonds is 72. The summed E-state index contributed by atoms with van der Waals surface area (Å²) in [7, 11) is 0. The monoisotopic (exact) mass is 1180 g/mol. The molecule has 0 heterocycles. The van der Waals surface area contributed by atoms with Crippen LogP contribution in [0.25, 0.3) is 0 Å². The zero-order valence-electron chi connectivity index (χ0n) is 56.9. The molecule has 0 aliphatic heterocycles. The molecule has 0 aromatic carbocycles. The van der Waals surface area contributed by atoms with Crippen molar-refractivity contribution in [3.8, 4) is 0 Å². The first-order valence-electron chi connectivity index (χ1n) is 38.2. The van der Waals surface area contributed by atoms with Gasteiger partial charge in [0.2, 0.25) is 5.91 Å². The summed E-state index contributed by atoms with van der Waals surface area (Å²) in [5.74, 6) is -0.0191. The topological polar surface area (TPSA) is 95.9 Å². The average molecular weight is 1180 g/mol. The maximum Gasteiger partial charge on any atom is 0.305 e. The van der Waals surface area contributed by atoms with Crippen LogP contribution in [0.5, 0.6) is 0 Å². The molecule has 6 heteroatoms. The molecule has 0 saturated heterocycles. The molecule has 6 nitrogen and oxygen atoms in total. The first kappa shape index (κ1) is 82.1. The number of carbonyl (C=O) groups excluding carboxylic acids is 2. The maximum atomic E-state index is 12.5. The van der Waals surface area contributed by atoms with Crippen LogP contribution >= 0.6 is 0 Å². The van der Waals surface area contributed by atoms with Crippen molar-refractivity contribution in [3.05, 3.63) is 36.5 Å². The molecule has 0 spiro atoms. The van der Waals surface area contributed by atoms with Gasteiger partial charge in [0.15, 0.2) is 0 Å². The van der Waals surface area contributed by atoms with Gasteiger partial charge >= 0.3 is 5.97 Å². The Kier molecular flexibility index (Phi) is 71.9. The summed E-state index contributed by atoms with van der Waals surface area (Å²) >= 11 is 0. The van der Waals surface area contributed by atoms with E-state index in [1.165, 1.54) is 340 Å². The quantitative estimate of drug-likeness (QED) is 0.0320. The molecular formula is C78H149NO5. The molecule has 0 aliphatic carbocycles. The number of carbonyl (C=O) groups is 2. The van der Waals surface area contributed by atoms with Gasteiger partial charge in [-0.15, -0.1) is 0 Å². The first-order valence-corrected chi connectivity index (χ1v) is 38.2. The van der Waals surface area contributed by atoms with Crippen LogP contribution < -0.4 is 5.32 Å². The minimum absolute atomic E-state index is 0.00904. The third-order valence-electron chi connectivity index (χ3n) is 17.9. The molecule has 0 aromatic heterocycles. The Balaban J connectivity index is 3.36. The predicted octanol–water partition coefficient (Wildman–Crippen LogP) is 25.0. The van der Waals surface area contributed by atoms with E-state index in [0.717, 1.165) is 51.4 Å². The van der Waals surface area contributed by atoms with E-state index >= 15 is 0 Å². The fraction of sp³-hybridized carbons (Fsp3) is 0.897. The van der Waals surface area contributed by atoms with Crippen LogP contribution in [0.2, 0.25) is 0 Å². The molecule has 0 bridgehead atoms. The highest BCUT2D eigenvalue weighted by atomic mass is 16.5. The lowest BCUT2D eigenvalue weighted by Crippen LogP contribution is -2.45. The summed E-state index contributed by atoms with van der Waals surface area (Å²) < 4.78 is 5.48. The van der Waals surface area contributed by atoms with Crippen LogP contribution in [-0.4, -0.2) is 47.4 Å². The lowest BCUT2D eigenvalue weighted by atomic mass is 10.0. The number of esters is 1. The number of hydrogen-bond donors (Lipinski definition) is 3. The van der Waals surface area contributed by atoms with Gasteiger partial charge in [0, 0.05) is 12.8 Å². The van der Waals surface area contributed by atoms with Crippen molar-refractivity contribution >= 4 is 11.9 Å². The van der Waals surface area contributed by atoms with Gasteiger partial charge in [-0.05, 0) is 83.5 Å². The molecule has 496 valence electrons. The molecule has 3 N–H and O–H groups in total. The number of aliphatic hydroxyl groups excluding tert-OH is 2. The van der Waals surface area contributed by atoms with Gasteiger partial charge in [0.25, 0.3) is 0 Å². The second kappa shape index (κ2) is 73.5. The molecule has 84 heavy (non-hydrogen) atoms. The number of hydrogen-bond acceptors (Lipinski definition) is 5. The second-order valence-corrected chi connectivity index (χ2v) is 26.3. The standard InChI is InChI=1S/C78H149NO5/c1-3-5-7-9-11-13-15-17-18-19-41-44-47-50-54-58-62-66-70-76(81)75(74-80)79-77(82)71-67-63-59-55-51-48-45-42-39-37-35-33-31-29-27-25-23-21-20-22-24-26-28-30-32-34-36-38-40-43-46-49-53-57-61-65-69-73-84-78(83)72-68-64-60-56-52-16-14-12-10-8-6-4-2/h12,14,20,22,26,28,75-76,80-81H,3-11,13,15-19,21,23-25,27,29-74H2,1-2H3,(H,79,82)/b14-12-,22-20-,28-26-. The van der Waals surface area contributed by atoms with E-state index in [9.17, 15) is 19.8 Å². The molecular weight excluding hydrogens is 1030 g/mol. The number of allylic oxidation sites excluding steroid dienone is 6. The van der Waals surface area contributed by atoms with Crippen LogP contribution in [0.3, 0.4) is 0 Å². The Morgan fingerprint density at radius 1 is 0.333 bits per heavy atom. The molecule has 0 fully saturated rings. The van der Waals surface area contributed by atoms with Crippen molar-refractivity contribution < 1.29 is 24.5 Å². The van der Waals surface area contributed by atoms with Crippen molar-refractivity contribution in [1.82, 2.24) is 5.32 Å². The number of nitrogens with one attached hydrogen (secondary N) is 1. The third-order valence-corrected chi connectivity index (χ3v) is 17.9. The van der Waals surface area contributed by atoms with Crippen molar-refractivity contribution in [1.29, 1.82) is 0 Å². The van der Waals surface area contributed by atoms with Gasteiger partial charge in [0.05, 0.1) is 25.4 Å². The zero-order valence-corrected chi connectivity index (χ0v) is 56.9. The fourth-order valence-corrected chi connectivity index (χ4v) is 12.1. The van der Waals surface area contributed by atoms with Crippen molar-refractivity contribution in [3.63, 3.8) is 0 Å². The van der Waals surface area contributed by atoms with E-state index in [0.29, 0.717) is 25.9 Å². The average Bonchev–Trinajstić information content (AvgIpc) is 3.52. The van der Waals surface area contributed by atoms with Gasteiger partial charge in [-0.2, -0.15) is 0 Å². The summed E-state index contributed by atoms with van der Waals surface area (Å²) in [6.07, 6.45) is 95.1. The SMILES string of the molecule is CCCCC/C=C\CCCCCCCC(=O)OCCCCCCCCCCCCCCC/C=C\C/C=C\CCCCCCCCCCCCCCCCCCCC(=O)NC(CO)C(O)CCCCCCCCCCCCCCCCCCCC. The van der Waals surface area contributed by atoms with Crippen LogP contribution in [0.1, 0.15) is 425 Å². The lowest BCUT2D eigenvalue weighted by molar-refractivity contribution is -0.143. The smallest absolute Gasteiger partial charge is 0.305 e. The molecule has 0 rings (SSSR count). The zero-order chi connectivity index (χ0) is 60.6. The summed E-state index contributed by atoms with van der Waals surface area (Å²) in [5, 5.41) is 23.4. The Morgan fingerprint density at radius 2 is 0.595 bits per heavy atom. The van der Waals surface area contributed by atoms with E-state index in [4.69, 9.17) is 4.74 Å². The minimum Gasteiger partial charge on any atom is -0.466 e. The summed E-state index contributed by atoms with van der Waals surface area (Å²) in [4.78, 5) is 24.6. The molecule has 0 aliphatic rings. The summed E-state index contributed by atoms with van der Waals surface area (Å²) in [5.41, 5.74) is 0. The number of aliphatic hydroxyl groups is 2. The normalized spacial score (nSPS) is 12.7. The van der Waals surface area contributed by atoms with Crippen LogP contribution in [0, 0.1) is 0 Å². The van der Waals surface area contributed by atoms with E-state index in [1.54, 1.807) is 0 Å². The molecule has 0 saturated carbocycles. The van der Waals surface area contributed by atoms with Gasteiger partial charge in [0.1, 0.15) is 0 Å². The lowest BCUT2D eigenvalue weighted by Gasteiger charge is -2.22. The third kappa shape index (κ3) is 69.2. The van der Waals surface area contributed by atoms with E-state index in [-0.39, 0.29) is 18.5 Å². The Morgan fingerprint density at radius 3 is 0.940 bits per heavy atom. The number of ether oxygens (including phenoxy) is 1. The highest BCUT2D eigenvalue weighted by molar-refractivity contribution is 5.76.